The molecule has 7 nitrogen and oxygen atoms in total. The summed E-state index contributed by atoms with van der Waals surface area (Å²) in [6, 6.07) is 15.9. The number of amides is 1. The number of nitrogens with zero attached hydrogens (tertiary/aromatic N) is 4. The fourth-order valence-electron chi connectivity index (χ4n) is 2.86. The Morgan fingerprint density at radius 2 is 2.11 bits per heavy atom. The lowest BCUT2D eigenvalue weighted by atomic mass is 10.0. The molecule has 2 heterocycles. The molecule has 2 aromatic carbocycles. The van der Waals surface area contributed by atoms with E-state index in [-0.39, 0.29) is 11.9 Å². The number of hydrogen-bond donors (Lipinski definition) is 1. The third-order valence-electron chi connectivity index (χ3n) is 4.36. The van der Waals surface area contributed by atoms with Gasteiger partial charge in [0.15, 0.2) is 0 Å². The molecule has 1 atom stereocenters. The quantitative estimate of drug-likeness (QED) is 0.658. The predicted molar refractivity (Wildman–Crippen MR) is 109 cm³/mol. The standard InChI is InChI=1S/C20H18BrN5O2/c1-13-5-7-14(8-6-13)11-26-12-22-20(24-26)23-19(27)18-10-17(25-28-18)15-3-2-4-16(21)9-15/h2-9,12,18H,10-11H2,1H3,(H,23,24,27). The average Bonchev–Trinajstić information content (AvgIpc) is 3.33. The van der Waals surface area contributed by atoms with E-state index in [0.717, 1.165) is 21.3 Å². The summed E-state index contributed by atoms with van der Waals surface area (Å²) in [7, 11) is 0. The van der Waals surface area contributed by atoms with E-state index >= 15 is 0 Å². The monoisotopic (exact) mass is 439 g/mol. The molecule has 0 bridgehead atoms. The summed E-state index contributed by atoms with van der Waals surface area (Å²) in [4.78, 5) is 21.9. The first-order chi connectivity index (χ1) is 13.6. The van der Waals surface area contributed by atoms with Crippen LogP contribution < -0.4 is 5.32 Å². The third kappa shape index (κ3) is 4.28. The van der Waals surface area contributed by atoms with Crippen LogP contribution in [0.2, 0.25) is 0 Å². The Balaban J connectivity index is 1.34. The Morgan fingerprint density at radius 1 is 1.29 bits per heavy atom. The van der Waals surface area contributed by atoms with Crippen LogP contribution in [0.1, 0.15) is 23.1 Å². The van der Waals surface area contributed by atoms with Crippen LogP contribution in [0.3, 0.4) is 0 Å². The van der Waals surface area contributed by atoms with E-state index in [1.165, 1.54) is 5.56 Å². The number of carbonyl (C=O) groups is 1. The summed E-state index contributed by atoms with van der Waals surface area (Å²) in [5.74, 6) is -0.0709. The van der Waals surface area contributed by atoms with Crippen LogP contribution in [0.25, 0.3) is 0 Å². The minimum atomic E-state index is -0.696. The van der Waals surface area contributed by atoms with Gasteiger partial charge in [-0.25, -0.2) is 9.67 Å². The molecule has 1 amide bonds. The lowest BCUT2D eigenvalue weighted by Crippen LogP contribution is -2.28. The van der Waals surface area contributed by atoms with E-state index in [2.05, 4.69) is 48.6 Å². The minimum Gasteiger partial charge on any atom is -0.382 e. The third-order valence-corrected chi connectivity index (χ3v) is 4.85. The molecule has 3 aromatic rings. The summed E-state index contributed by atoms with van der Waals surface area (Å²) in [6.07, 6.45) is 1.29. The first-order valence-electron chi connectivity index (χ1n) is 8.81. The zero-order valence-electron chi connectivity index (χ0n) is 15.2. The van der Waals surface area contributed by atoms with Crippen molar-refractivity contribution in [2.24, 2.45) is 5.16 Å². The number of aromatic nitrogens is 3. The van der Waals surface area contributed by atoms with Crippen LogP contribution in [0.15, 0.2) is 64.5 Å². The second-order valence-electron chi connectivity index (χ2n) is 6.59. The normalized spacial score (nSPS) is 15.8. The van der Waals surface area contributed by atoms with Crippen LogP contribution in [0, 0.1) is 6.92 Å². The van der Waals surface area contributed by atoms with Gasteiger partial charge in [-0.15, -0.1) is 5.10 Å². The van der Waals surface area contributed by atoms with Gasteiger partial charge in [0.2, 0.25) is 12.1 Å². The molecule has 1 aliphatic heterocycles. The van der Waals surface area contributed by atoms with Crippen molar-refractivity contribution < 1.29 is 9.63 Å². The summed E-state index contributed by atoms with van der Waals surface area (Å²) in [6.45, 7) is 2.63. The molecule has 0 saturated carbocycles. The molecular formula is C20H18BrN5O2. The lowest BCUT2D eigenvalue weighted by molar-refractivity contribution is -0.125. The average molecular weight is 440 g/mol. The van der Waals surface area contributed by atoms with Crippen molar-refractivity contribution in [3.63, 3.8) is 0 Å². The first-order valence-corrected chi connectivity index (χ1v) is 9.60. The van der Waals surface area contributed by atoms with Crippen LogP contribution in [-0.2, 0) is 16.2 Å². The maximum Gasteiger partial charge on any atom is 0.271 e. The molecule has 1 aromatic heterocycles. The van der Waals surface area contributed by atoms with Crippen LogP contribution in [-0.4, -0.2) is 32.5 Å². The minimum absolute atomic E-state index is 0.247. The van der Waals surface area contributed by atoms with Gasteiger partial charge in [0.05, 0.1) is 12.3 Å². The SMILES string of the molecule is Cc1ccc(Cn2cnc(NC(=O)C3CC(c4cccc(Br)c4)=NO3)n2)cc1. The van der Waals surface area contributed by atoms with Gasteiger partial charge in [0.1, 0.15) is 6.33 Å². The van der Waals surface area contributed by atoms with Gasteiger partial charge in [-0.2, -0.15) is 0 Å². The number of nitrogens with one attached hydrogen (secondary N) is 1. The van der Waals surface area contributed by atoms with Gasteiger partial charge >= 0.3 is 0 Å². The second kappa shape index (κ2) is 7.93. The predicted octanol–water partition coefficient (Wildman–Crippen LogP) is 3.53. The Morgan fingerprint density at radius 3 is 2.89 bits per heavy atom. The Kier molecular flexibility index (Phi) is 5.21. The Labute approximate surface area is 170 Å². The van der Waals surface area contributed by atoms with E-state index in [4.69, 9.17) is 4.84 Å². The van der Waals surface area contributed by atoms with Gasteiger partial charge in [-0.05, 0) is 24.6 Å². The maximum atomic E-state index is 12.5. The number of halogens is 1. The summed E-state index contributed by atoms with van der Waals surface area (Å²) >= 11 is 3.43. The number of hydrogen-bond acceptors (Lipinski definition) is 5. The molecule has 142 valence electrons. The van der Waals surface area contributed by atoms with E-state index < -0.39 is 6.10 Å². The number of benzene rings is 2. The fourth-order valence-corrected chi connectivity index (χ4v) is 3.26. The molecule has 8 heteroatoms. The van der Waals surface area contributed by atoms with Gasteiger partial charge in [-0.1, -0.05) is 63.0 Å². The highest BCUT2D eigenvalue weighted by Gasteiger charge is 2.29. The molecule has 0 saturated heterocycles. The van der Waals surface area contributed by atoms with Crippen molar-refractivity contribution >= 4 is 33.5 Å². The highest BCUT2D eigenvalue weighted by molar-refractivity contribution is 9.10. The van der Waals surface area contributed by atoms with E-state index in [0.29, 0.717) is 13.0 Å². The van der Waals surface area contributed by atoms with Gasteiger partial charge in [0.25, 0.3) is 5.91 Å². The Bertz CT molecular complexity index is 1030. The number of aryl methyl sites for hydroxylation is 1. The largest absolute Gasteiger partial charge is 0.382 e. The maximum absolute atomic E-state index is 12.5. The summed E-state index contributed by atoms with van der Waals surface area (Å²) in [5.41, 5.74) is 3.97. The van der Waals surface area contributed by atoms with E-state index in [9.17, 15) is 4.79 Å². The summed E-state index contributed by atoms with van der Waals surface area (Å²) < 4.78 is 2.63. The zero-order chi connectivity index (χ0) is 19.5. The molecule has 1 N–H and O–H groups in total. The van der Waals surface area contributed by atoms with Crippen molar-refractivity contribution in [2.75, 3.05) is 5.32 Å². The molecule has 0 spiro atoms. The van der Waals surface area contributed by atoms with Crippen molar-refractivity contribution in [3.8, 4) is 0 Å². The van der Waals surface area contributed by atoms with Gasteiger partial charge < -0.3 is 4.84 Å². The fraction of sp³-hybridized carbons (Fsp3) is 0.200. The molecule has 1 unspecified atom stereocenters. The van der Waals surface area contributed by atoms with Crippen molar-refractivity contribution in [3.05, 3.63) is 76.0 Å². The molecule has 4 rings (SSSR count). The molecule has 0 fully saturated rings. The van der Waals surface area contributed by atoms with Gasteiger partial charge in [0, 0.05) is 16.5 Å². The van der Waals surface area contributed by atoms with Crippen molar-refractivity contribution in [2.45, 2.75) is 26.0 Å². The molecule has 0 radical (unpaired) electrons. The summed E-state index contributed by atoms with van der Waals surface area (Å²) in [5, 5.41) is 11.0. The topological polar surface area (TPSA) is 81.4 Å². The van der Waals surface area contributed by atoms with Gasteiger partial charge in [-0.3, -0.25) is 10.1 Å². The molecule has 28 heavy (non-hydrogen) atoms. The lowest BCUT2D eigenvalue weighted by Gasteiger charge is -2.06. The molecule has 1 aliphatic rings. The Hall–Kier alpha value is -3.00. The molecule has 0 aliphatic carbocycles. The smallest absolute Gasteiger partial charge is 0.271 e. The number of rotatable bonds is 5. The van der Waals surface area contributed by atoms with Crippen molar-refractivity contribution in [1.82, 2.24) is 14.8 Å². The number of anilines is 1. The highest BCUT2D eigenvalue weighted by Crippen LogP contribution is 2.20. The van der Waals surface area contributed by atoms with E-state index in [1.807, 2.05) is 43.3 Å². The first kappa shape index (κ1) is 18.4. The van der Waals surface area contributed by atoms with Crippen LogP contribution in [0.5, 0.6) is 0 Å². The van der Waals surface area contributed by atoms with E-state index in [1.54, 1.807) is 11.0 Å². The zero-order valence-corrected chi connectivity index (χ0v) is 16.8. The van der Waals surface area contributed by atoms with Crippen LogP contribution >= 0.6 is 15.9 Å². The highest BCUT2D eigenvalue weighted by atomic mass is 79.9. The number of oxime groups is 1. The van der Waals surface area contributed by atoms with Crippen molar-refractivity contribution in [1.29, 1.82) is 0 Å². The number of carbonyl (C=O) groups excluding carboxylic acids is 1. The second-order valence-corrected chi connectivity index (χ2v) is 7.50. The molecular weight excluding hydrogens is 422 g/mol. The van der Waals surface area contributed by atoms with Crippen LogP contribution in [0.4, 0.5) is 5.95 Å².